The van der Waals surface area contributed by atoms with Crippen LogP contribution in [0.3, 0.4) is 0 Å². The van der Waals surface area contributed by atoms with Crippen LogP contribution in [0.25, 0.3) is 0 Å². The maximum atomic E-state index is 8.65. The molecule has 4 heteroatoms. The lowest BCUT2D eigenvalue weighted by Crippen LogP contribution is -1.95. The van der Waals surface area contributed by atoms with Gasteiger partial charge in [-0.05, 0) is 18.8 Å². The van der Waals surface area contributed by atoms with E-state index in [-0.39, 0.29) is 6.16 Å². The molecule has 12 heavy (non-hydrogen) atoms. The van der Waals surface area contributed by atoms with E-state index in [9.17, 15) is 0 Å². The molecule has 0 bridgehead atoms. The van der Waals surface area contributed by atoms with Gasteiger partial charge in [0.1, 0.15) is 6.16 Å². The Bertz CT molecular complexity index is 109. The largest absolute Gasteiger partial charge is 0.403 e. The molecule has 0 aliphatic heterocycles. The van der Waals surface area contributed by atoms with Crippen LogP contribution in [-0.4, -0.2) is 20.8 Å². The van der Waals surface area contributed by atoms with Crippen molar-refractivity contribution in [1.82, 2.24) is 0 Å². The highest BCUT2D eigenvalue weighted by Gasteiger charge is 2.27. The van der Waals surface area contributed by atoms with Crippen molar-refractivity contribution in [2.75, 3.05) is 6.16 Å². The highest BCUT2D eigenvalue weighted by molar-refractivity contribution is 7.58. The smallest absolute Gasteiger partial charge is 0.193 e. The van der Waals surface area contributed by atoms with Crippen LogP contribution in [0.2, 0.25) is 0 Å². The Morgan fingerprint density at radius 3 is 2.00 bits per heavy atom. The van der Waals surface area contributed by atoms with Crippen LogP contribution in [0.1, 0.15) is 39.5 Å². The van der Waals surface area contributed by atoms with Crippen LogP contribution < -0.4 is 0 Å². The molecule has 0 saturated heterocycles. The van der Waals surface area contributed by atoms with Crippen molar-refractivity contribution in [3.05, 3.63) is 0 Å². The van der Waals surface area contributed by atoms with Crippen LogP contribution in [0.15, 0.2) is 0 Å². The molecule has 3 nitrogen and oxygen atoms in total. The minimum absolute atomic E-state index is 0.158. The van der Waals surface area contributed by atoms with Gasteiger partial charge in [-0.1, -0.05) is 26.7 Å². The molecule has 0 unspecified atom stereocenters. The molecule has 0 rings (SSSR count). The minimum Gasteiger partial charge on any atom is -0.193 e. The summed E-state index contributed by atoms with van der Waals surface area (Å²) in [5.74, 6) is 0.710. The monoisotopic (exact) mass is 195 g/mol. The first-order valence-corrected chi connectivity index (χ1v) is 6.31. The van der Waals surface area contributed by atoms with E-state index in [0.29, 0.717) is 12.3 Å². The van der Waals surface area contributed by atoms with E-state index in [4.69, 9.17) is 14.7 Å². The third-order valence-electron chi connectivity index (χ3n) is 1.74. The second-order valence-corrected chi connectivity index (χ2v) is 5.49. The molecule has 0 aromatic heterocycles. The van der Waals surface area contributed by atoms with Crippen LogP contribution in [0.4, 0.5) is 0 Å². The molecular formula is C8H20O3P+. The first-order chi connectivity index (χ1) is 5.42. The van der Waals surface area contributed by atoms with Gasteiger partial charge in [0.2, 0.25) is 0 Å². The Morgan fingerprint density at radius 1 is 1.00 bits per heavy atom. The van der Waals surface area contributed by atoms with Crippen LogP contribution in [0.5, 0.6) is 0 Å². The van der Waals surface area contributed by atoms with Gasteiger partial charge in [-0.2, -0.15) is 14.7 Å². The topological polar surface area (TPSA) is 60.7 Å². The predicted molar refractivity (Wildman–Crippen MR) is 51.7 cm³/mol. The third-order valence-corrected chi connectivity index (χ3v) is 2.66. The van der Waals surface area contributed by atoms with Crippen LogP contribution in [-0.2, 0) is 0 Å². The zero-order chi connectivity index (χ0) is 9.61. The standard InChI is InChI=1S/C8H20O3P/c1-8(2)6-4-3-5-7-12(9,10)11/h8-11H,3-7H2,1-2H3/q+1. The molecule has 0 fully saturated rings. The summed E-state index contributed by atoms with van der Waals surface area (Å²) in [6, 6.07) is 0. The molecule has 0 aliphatic carbocycles. The maximum Gasteiger partial charge on any atom is 0.403 e. The summed E-state index contributed by atoms with van der Waals surface area (Å²) in [5.41, 5.74) is 0. The van der Waals surface area contributed by atoms with Gasteiger partial charge >= 0.3 is 7.94 Å². The molecule has 0 spiro atoms. The van der Waals surface area contributed by atoms with E-state index >= 15 is 0 Å². The first kappa shape index (κ1) is 12.3. The summed E-state index contributed by atoms with van der Waals surface area (Å²) in [7, 11) is -3.48. The molecule has 0 radical (unpaired) electrons. The van der Waals surface area contributed by atoms with Gasteiger partial charge in [0, 0.05) is 0 Å². The molecule has 0 aliphatic rings. The van der Waals surface area contributed by atoms with E-state index in [2.05, 4.69) is 13.8 Å². The zero-order valence-corrected chi connectivity index (χ0v) is 8.80. The zero-order valence-electron chi connectivity index (χ0n) is 7.90. The van der Waals surface area contributed by atoms with E-state index in [1.54, 1.807) is 0 Å². The second kappa shape index (κ2) is 5.87. The molecule has 0 heterocycles. The normalized spacial score (nSPS) is 12.5. The van der Waals surface area contributed by atoms with Crippen molar-refractivity contribution in [2.24, 2.45) is 5.92 Å². The van der Waals surface area contributed by atoms with Crippen LogP contribution >= 0.6 is 7.94 Å². The number of hydrogen-bond acceptors (Lipinski definition) is 3. The fourth-order valence-corrected chi connectivity index (χ4v) is 1.70. The molecule has 0 aromatic carbocycles. The summed E-state index contributed by atoms with van der Waals surface area (Å²) in [5, 5.41) is 0. The lowest BCUT2D eigenvalue weighted by molar-refractivity contribution is 0.328. The summed E-state index contributed by atoms with van der Waals surface area (Å²) in [4.78, 5) is 25.9. The van der Waals surface area contributed by atoms with Gasteiger partial charge in [-0.15, -0.1) is 0 Å². The van der Waals surface area contributed by atoms with Gasteiger partial charge in [-0.3, -0.25) is 0 Å². The molecule has 0 amide bonds. The third kappa shape index (κ3) is 10.3. The van der Waals surface area contributed by atoms with Crippen molar-refractivity contribution in [2.45, 2.75) is 39.5 Å². The van der Waals surface area contributed by atoms with Crippen molar-refractivity contribution < 1.29 is 14.7 Å². The average molecular weight is 195 g/mol. The van der Waals surface area contributed by atoms with E-state index in [0.717, 1.165) is 12.8 Å². The highest BCUT2D eigenvalue weighted by Crippen LogP contribution is 2.45. The fraction of sp³-hybridized carbons (Fsp3) is 1.00. The summed E-state index contributed by atoms with van der Waals surface area (Å²) in [6.07, 6.45) is 4.13. The highest BCUT2D eigenvalue weighted by atomic mass is 31.2. The number of unbranched alkanes of at least 4 members (excludes halogenated alkanes) is 2. The van der Waals surface area contributed by atoms with Gasteiger partial charge in [0.15, 0.2) is 0 Å². The van der Waals surface area contributed by atoms with Gasteiger partial charge in [0.25, 0.3) is 0 Å². The Balaban J connectivity index is 3.12. The Kier molecular flexibility index (Phi) is 6.02. The molecule has 3 N–H and O–H groups in total. The maximum absolute atomic E-state index is 8.65. The molecule has 0 aromatic rings. The minimum atomic E-state index is -3.48. The lowest BCUT2D eigenvalue weighted by Gasteiger charge is -2.05. The quantitative estimate of drug-likeness (QED) is 0.448. The van der Waals surface area contributed by atoms with Crippen molar-refractivity contribution in [1.29, 1.82) is 0 Å². The Morgan fingerprint density at radius 2 is 1.58 bits per heavy atom. The molecule has 74 valence electrons. The molecular weight excluding hydrogens is 175 g/mol. The molecule has 0 atom stereocenters. The number of rotatable bonds is 6. The molecule has 0 saturated carbocycles. The summed E-state index contributed by atoms with van der Waals surface area (Å²) >= 11 is 0. The van der Waals surface area contributed by atoms with E-state index < -0.39 is 7.94 Å². The van der Waals surface area contributed by atoms with E-state index in [1.807, 2.05) is 0 Å². The van der Waals surface area contributed by atoms with Crippen molar-refractivity contribution in [3.63, 3.8) is 0 Å². The Hall–Kier alpha value is 0.310. The van der Waals surface area contributed by atoms with Crippen molar-refractivity contribution in [3.8, 4) is 0 Å². The van der Waals surface area contributed by atoms with Gasteiger partial charge in [-0.25, -0.2) is 0 Å². The van der Waals surface area contributed by atoms with Gasteiger partial charge in [0.05, 0.1) is 0 Å². The van der Waals surface area contributed by atoms with Crippen molar-refractivity contribution >= 4 is 7.94 Å². The van der Waals surface area contributed by atoms with Gasteiger partial charge < -0.3 is 0 Å². The SMILES string of the molecule is CC(C)CCCCC[P+](O)(O)O. The first-order valence-electron chi connectivity index (χ1n) is 4.48. The van der Waals surface area contributed by atoms with Crippen LogP contribution in [0, 0.1) is 5.92 Å². The predicted octanol–water partition coefficient (Wildman–Crippen LogP) is 1.94. The summed E-state index contributed by atoms with van der Waals surface area (Å²) < 4.78 is 0. The Labute approximate surface area is 75.0 Å². The number of hydrogen-bond donors (Lipinski definition) is 3. The second-order valence-electron chi connectivity index (χ2n) is 3.66. The fourth-order valence-electron chi connectivity index (χ4n) is 1.05. The van der Waals surface area contributed by atoms with E-state index in [1.165, 1.54) is 6.42 Å². The average Bonchev–Trinajstić information content (AvgIpc) is 1.83. The lowest BCUT2D eigenvalue weighted by atomic mass is 10.1. The summed E-state index contributed by atoms with van der Waals surface area (Å²) in [6.45, 7) is 4.34.